The summed E-state index contributed by atoms with van der Waals surface area (Å²) in [6.45, 7) is 4.56. The van der Waals surface area contributed by atoms with E-state index in [2.05, 4.69) is 54.7 Å². The summed E-state index contributed by atoms with van der Waals surface area (Å²) >= 11 is 1.66. The molecule has 1 aromatic carbocycles. The van der Waals surface area contributed by atoms with Gasteiger partial charge in [-0.25, -0.2) is 19.7 Å². The van der Waals surface area contributed by atoms with Gasteiger partial charge < -0.3 is 13.9 Å². The van der Waals surface area contributed by atoms with Crippen LogP contribution in [0.1, 0.15) is 31.4 Å². The molecule has 0 radical (unpaired) electrons. The van der Waals surface area contributed by atoms with E-state index in [1.165, 1.54) is 28.9 Å². The van der Waals surface area contributed by atoms with Crippen molar-refractivity contribution in [2.45, 2.75) is 31.3 Å². The van der Waals surface area contributed by atoms with Crippen LogP contribution in [0, 0.1) is 0 Å². The van der Waals surface area contributed by atoms with Crippen LogP contribution in [0.3, 0.4) is 0 Å². The highest BCUT2D eigenvalue weighted by molar-refractivity contribution is 7.74. The van der Waals surface area contributed by atoms with Crippen molar-refractivity contribution < 1.29 is 9.00 Å². The van der Waals surface area contributed by atoms with Gasteiger partial charge in [-0.3, -0.25) is 9.80 Å². The summed E-state index contributed by atoms with van der Waals surface area (Å²) < 4.78 is 16.3. The van der Waals surface area contributed by atoms with Crippen LogP contribution in [0.15, 0.2) is 40.5 Å². The Morgan fingerprint density at radius 2 is 1.97 bits per heavy atom. The Balaban J connectivity index is 1.25. The van der Waals surface area contributed by atoms with E-state index >= 15 is 0 Å². The minimum absolute atomic E-state index is 0.177. The first-order valence-electron chi connectivity index (χ1n) is 10.5. The van der Waals surface area contributed by atoms with E-state index in [0.717, 1.165) is 31.4 Å². The Bertz CT molecular complexity index is 1230. The first-order valence-corrected chi connectivity index (χ1v) is 12.9. The number of amides is 2. The third-order valence-corrected chi connectivity index (χ3v) is 7.60. The van der Waals surface area contributed by atoms with Gasteiger partial charge >= 0.3 is 6.03 Å². The molecule has 0 aliphatic carbocycles. The zero-order valence-electron chi connectivity index (χ0n) is 17.9. The van der Waals surface area contributed by atoms with E-state index in [-0.39, 0.29) is 17.6 Å². The van der Waals surface area contributed by atoms with Crippen LogP contribution in [0.25, 0.3) is 10.2 Å². The molecule has 0 unspecified atom stereocenters. The third kappa shape index (κ3) is 4.07. The third-order valence-electron chi connectivity index (χ3n) is 6.32. The number of fused-ring (bicyclic) bond motifs is 1. The average molecular weight is 471 g/mol. The van der Waals surface area contributed by atoms with Crippen molar-refractivity contribution in [3.05, 3.63) is 41.7 Å². The van der Waals surface area contributed by atoms with Crippen LogP contribution in [-0.4, -0.2) is 57.3 Å². The second-order valence-corrected chi connectivity index (χ2v) is 10.3. The molecule has 2 fully saturated rings. The lowest BCUT2D eigenvalue weighted by atomic mass is 9.87. The number of benzene rings is 1. The Morgan fingerprint density at radius 1 is 1.22 bits per heavy atom. The Kier molecular flexibility index (Phi) is 5.56. The lowest BCUT2D eigenvalue weighted by Gasteiger charge is -2.41. The van der Waals surface area contributed by atoms with Crippen molar-refractivity contribution in [3.63, 3.8) is 0 Å². The molecule has 0 saturated carbocycles. The summed E-state index contributed by atoms with van der Waals surface area (Å²) in [6.07, 6.45) is 6.19. The largest absolute Gasteiger partial charge is 0.444 e. The van der Waals surface area contributed by atoms with E-state index in [1.54, 1.807) is 16.2 Å². The first-order chi connectivity index (χ1) is 15.4. The number of hydrogen-bond donors (Lipinski definition) is 1. The van der Waals surface area contributed by atoms with Gasteiger partial charge in [-0.1, -0.05) is 6.07 Å². The van der Waals surface area contributed by atoms with Crippen molar-refractivity contribution in [3.8, 4) is 0 Å². The number of hydrogen-bond acceptors (Lipinski definition) is 9. The van der Waals surface area contributed by atoms with E-state index in [0.29, 0.717) is 18.2 Å². The molecule has 1 spiro atoms. The molecule has 9 nitrogen and oxygen atoms in total. The van der Waals surface area contributed by atoms with Crippen LogP contribution in [-0.2, 0) is 14.8 Å². The molecule has 5 rings (SSSR count). The van der Waals surface area contributed by atoms with Gasteiger partial charge in [-0.15, -0.1) is 17.6 Å². The predicted octanol–water partition coefficient (Wildman–Crippen LogP) is 3.62. The Hall–Kier alpha value is -2.63. The second kappa shape index (κ2) is 8.38. The number of rotatable bonds is 4. The fraction of sp³-hybridized carbons (Fsp3) is 0.429. The van der Waals surface area contributed by atoms with Crippen LogP contribution in [0.4, 0.5) is 16.4 Å². The van der Waals surface area contributed by atoms with Gasteiger partial charge in [0.25, 0.3) is 0 Å². The van der Waals surface area contributed by atoms with Crippen molar-refractivity contribution in [1.82, 2.24) is 25.2 Å². The molecule has 1 N–H and O–H groups in total. The zero-order chi connectivity index (χ0) is 22.3. The molecule has 4 heterocycles. The summed E-state index contributed by atoms with van der Waals surface area (Å²) in [4.78, 5) is 29.7. The van der Waals surface area contributed by atoms with Gasteiger partial charge in [0, 0.05) is 19.1 Å². The van der Waals surface area contributed by atoms with Gasteiger partial charge in [0.15, 0.2) is 0 Å². The highest BCUT2D eigenvalue weighted by Crippen LogP contribution is 2.34. The number of carbonyl (C=O) groups excluding carboxylic acids is 1. The van der Waals surface area contributed by atoms with E-state index in [9.17, 15) is 9.00 Å². The molecule has 2 aromatic heterocycles. The molecule has 3 aromatic rings. The Morgan fingerprint density at radius 3 is 2.69 bits per heavy atom. The van der Waals surface area contributed by atoms with Crippen molar-refractivity contribution >= 4 is 49.8 Å². The van der Waals surface area contributed by atoms with Crippen molar-refractivity contribution in [2.24, 2.45) is 4.36 Å². The number of nitrogens with zero attached hydrogens (tertiary/aromatic N) is 6. The molecule has 2 aliphatic heterocycles. The van der Waals surface area contributed by atoms with Gasteiger partial charge in [0.1, 0.15) is 0 Å². The molecule has 0 bridgehead atoms. The molecule has 2 amide bonds. The average Bonchev–Trinajstić information content (AvgIpc) is 3.38. The second-order valence-electron chi connectivity index (χ2n) is 8.34. The maximum Gasteiger partial charge on any atom is 0.324 e. The Labute approximate surface area is 192 Å². The number of aromatic nitrogens is 3. The topological polar surface area (TPSA) is 104 Å². The van der Waals surface area contributed by atoms with Gasteiger partial charge in [-0.2, -0.15) is 10.6 Å². The zero-order valence-corrected chi connectivity index (χ0v) is 19.5. The van der Waals surface area contributed by atoms with E-state index < -0.39 is 10.6 Å². The monoisotopic (exact) mass is 470 g/mol. The highest BCUT2D eigenvalue weighted by atomic mass is 32.2. The van der Waals surface area contributed by atoms with E-state index in [1.807, 2.05) is 5.51 Å². The van der Waals surface area contributed by atoms with Crippen molar-refractivity contribution in [2.75, 3.05) is 30.8 Å². The predicted molar refractivity (Wildman–Crippen MR) is 126 cm³/mol. The number of thiazole rings is 1. The molecule has 1 atom stereocenters. The molecule has 11 heteroatoms. The smallest absolute Gasteiger partial charge is 0.324 e. The summed E-state index contributed by atoms with van der Waals surface area (Å²) in [5, 5.41) is 3.18. The maximum absolute atomic E-state index is 12.7. The molecule has 168 valence electrons. The lowest BCUT2D eigenvalue weighted by Crippen LogP contribution is -2.52. The summed E-state index contributed by atoms with van der Waals surface area (Å²) in [6, 6.07) is 6.63. The standard InChI is InChI=1S/C21H24N7O2S2/c1-14(15-3-4-18-17(9-15)24-13-31-18)27-7-5-21(6-8-27)12-28(20(29)25-21)19-22-10-16(11-23-19)26-32(2)30/h3-4,9-11,13-14H,5-8,12H2,1-2H3,(H,25,29)/q-1/t14-/m1/s1. The fourth-order valence-corrected chi connectivity index (χ4v) is 5.54. The molecular weight excluding hydrogens is 446 g/mol. The number of anilines is 1. The minimum atomic E-state index is -1.32. The number of urea groups is 1. The maximum atomic E-state index is 12.7. The van der Waals surface area contributed by atoms with Crippen LogP contribution in [0.5, 0.6) is 0 Å². The highest BCUT2D eigenvalue weighted by Gasteiger charge is 2.46. The van der Waals surface area contributed by atoms with Crippen LogP contribution in [0.2, 0.25) is 0 Å². The summed E-state index contributed by atoms with van der Waals surface area (Å²) in [7, 11) is -1.32. The lowest BCUT2D eigenvalue weighted by molar-refractivity contribution is 0.121. The number of nitrogens with one attached hydrogen (secondary N) is 1. The molecule has 32 heavy (non-hydrogen) atoms. The van der Waals surface area contributed by atoms with Gasteiger partial charge in [0.05, 0.1) is 45.9 Å². The molecule has 2 saturated heterocycles. The minimum Gasteiger partial charge on any atom is -0.444 e. The normalized spacial score (nSPS) is 20.7. The number of likely N-dealkylation sites (tertiary alicyclic amines) is 1. The quantitative estimate of drug-likeness (QED) is 0.584. The number of carbonyl (C=O) groups is 1. The fourth-order valence-electron chi connectivity index (χ4n) is 4.49. The van der Waals surface area contributed by atoms with Crippen LogP contribution >= 0.6 is 11.3 Å². The first kappa shape index (κ1) is 21.2. The number of piperidine rings is 1. The van der Waals surface area contributed by atoms with Crippen molar-refractivity contribution in [1.29, 1.82) is 0 Å². The van der Waals surface area contributed by atoms with Gasteiger partial charge in [0.2, 0.25) is 5.95 Å². The molecular formula is C21H24N7O2S2-. The SMILES string of the molecule is C[C@H](c1ccc2scnc2c1)N1CCC2(CC1)CN(c1ncc(N=[S-](C)=O)cn1)C(=O)N2. The molecule has 2 aliphatic rings. The van der Waals surface area contributed by atoms with Crippen LogP contribution < -0.4 is 10.2 Å². The summed E-state index contributed by atoms with van der Waals surface area (Å²) in [5.41, 5.74) is 4.36. The van der Waals surface area contributed by atoms with E-state index in [4.69, 9.17) is 0 Å². The summed E-state index contributed by atoms with van der Waals surface area (Å²) in [5.74, 6) is 0.340. The van der Waals surface area contributed by atoms with Gasteiger partial charge in [-0.05, 0) is 37.5 Å².